The van der Waals surface area contributed by atoms with Crippen LogP contribution in [0.4, 0.5) is 4.39 Å². The van der Waals surface area contributed by atoms with Gasteiger partial charge in [0.2, 0.25) is 0 Å². The Morgan fingerprint density at radius 2 is 1.95 bits per heavy atom. The van der Waals surface area contributed by atoms with Gasteiger partial charge in [-0.15, -0.1) is 0 Å². The summed E-state index contributed by atoms with van der Waals surface area (Å²) in [4.78, 5) is 0. The van der Waals surface area contributed by atoms with E-state index in [9.17, 15) is 13.8 Å². The van der Waals surface area contributed by atoms with Gasteiger partial charge in [-0.3, -0.25) is 0 Å². The van der Waals surface area contributed by atoms with E-state index in [1.165, 1.54) is 42.6 Å². The SMILES string of the molecule is N#CC(c1ccc(F)cc1)S(=O)c1cccc[n+]1[O-]. The minimum absolute atomic E-state index is 0.00150. The monoisotopic (exact) mass is 276 g/mol. The minimum Gasteiger partial charge on any atom is -0.618 e. The Labute approximate surface area is 111 Å². The van der Waals surface area contributed by atoms with E-state index in [0.717, 1.165) is 0 Å². The summed E-state index contributed by atoms with van der Waals surface area (Å²) in [7, 11) is -1.82. The highest BCUT2D eigenvalue weighted by Gasteiger charge is 2.25. The molecule has 0 aliphatic carbocycles. The molecule has 0 saturated carbocycles. The van der Waals surface area contributed by atoms with Crippen LogP contribution in [0.2, 0.25) is 0 Å². The molecule has 0 aliphatic heterocycles. The molecule has 2 rings (SSSR count). The minimum atomic E-state index is -1.82. The lowest BCUT2D eigenvalue weighted by molar-refractivity contribution is -0.646. The molecule has 6 heteroatoms. The van der Waals surface area contributed by atoms with E-state index in [4.69, 9.17) is 5.26 Å². The molecule has 96 valence electrons. The predicted octanol–water partition coefficient (Wildman–Crippen LogP) is 1.83. The number of aromatic nitrogens is 1. The van der Waals surface area contributed by atoms with E-state index in [1.807, 2.05) is 6.07 Å². The summed E-state index contributed by atoms with van der Waals surface area (Å²) < 4.78 is 25.5. The fourth-order valence-electron chi connectivity index (χ4n) is 1.57. The van der Waals surface area contributed by atoms with Gasteiger partial charge in [0.1, 0.15) is 16.6 Å². The van der Waals surface area contributed by atoms with Crippen LogP contribution in [0.5, 0.6) is 0 Å². The number of hydrogen-bond donors (Lipinski definition) is 0. The van der Waals surface area contributed by atoms with Gasteiger partial charge in [0, 0.05) is 12.1 Å². The molecule has 0 bridgehead atoms. The average molecular weight is 276 g/mol. The molecule has 2 unspecified atom stereocenters. The third-order valence-corrected chi connectivity index (χ3v) is 4.03. The summed E-state index contributed by atoms with van der Waals surface area (Å²) in [6, 6.07) is 11.5. The van der Waals surface area contributed by atoms with Gasteiger partial charge in [0.05, 0.1) is 6.07 Å². The summed E-state index contributed by atoms with van der Waals surface area (Å²) in [5, 5.41) is 19.6. The van der Waals surface area contributed by atoms with E-state index in [-0.39, 0.29) is 5.03 Å². The van der Waals surface area contributed by atoms with Crippen LogP contribution in [-0.4, -0.2) is 4.21 Å². The van der Waals surface area contributed by atoms with Crippen molar-refractivity contribution >= 4 is 10.8 Å². The number of pyridine rings is 1. The number of nitrogens with zero attached hydrogens (tertiary/aromatic N) is 2. The van der Waals surface area contributed by atoms with Gasteiger partial charge >= 0.3 is 0 Å². The molecule has 2 aromatic rings. The second kappa shape index (κ2) is 5.59. The van der Waals surface area contributed by atoms with Crippen molar-refractivity contribution in [2.24, 2.45) is 0 Å². The normalized spacial score (nSPS) is 13.5. The van der Waals surface area contributed by atoms with Gasteiger partial charge in [-0.2, -0.15) is 9.99 Å². The van der Waals surface area contributed by atoms with Crippen molar-refractivity contribution in [1.82, 2.24) is 0 Å². The van der Waals surface area contributed by atoms with Crippen LogP contribution in [0.3, 0.4) is 0 Å². The predicted molar refractivity (Wildman–Crippen MR) is 66.6 cm³/mol. The number of halogens is 1. The van der Waals surface area contributed by atoms with Gasteiger partial charge in [0.25, 0.3) is 5.03 Å². The van der Waals surface area contributed by atoms with E-state index in [0.29, 0.717) is 10.3 Å². The zero-order valence-corrected chi connectivity index (χ0v) is 10.5. The molecule has 0 radical (unpaired) electrons. The van der Waals surface area contributed by atoms with Gasteiger partial charge in [-0.1, -0.05) is 12.1 Å². The lowest BCUT2D eigenvalue weighted by Gasteiger charge is -2.09. The van der Waals surface area contributed by atoms with Crippen LogP contribution < -0.4 is 4.73 Å². The van der Waals surface area contributed by atoms with Gasteiger partial charge in [0.15, 0.2) is 11.4 Å². The molecule has 1 aromatic heterocycles. The molecule has 1 heterocycles. The Balaban J connectivity index is 2.38. The number of rotatable bonds is 3. The smallest absolute Gasteiger partial charge is 0.283 e. The Hall–Kier alpha value is -2.26. The van der Waals surface area contributed by atoms with Crippen LogP contribution >= 0.6 is 0 Å². The van der Waals surface area contributed by atoms with Crippen LogP contribution in [-0.2, 0) is 10.8 Å². The lowest BCUT2D eigenvalue weighted by Crippen LogP contribution is -2.32. The molecule has 19 heavy (non-hydrogen) atoms. The highest BCUT2D eigenvalue weighted by Crippen LogP contribution is 2.23. The first-order valence-corrected chi connectivity index (χ1v) is 6.58. The molecular formula is C13H9FN2O2S. The van der Waals surface area contributed by atoms with Crippen molar-refractivity contribution in [3.8, 4) is 6.07 Å². The van der Waals surface area contributed by atoms with E-state index in [1.54, 1.807) is 6.07 Å². The third kappa shape index (κ3) is 2.77. The first-order chi connectivity index (χ1) is 9.13. The summed E-state index contributed by atoms with van der Waals surface area (Å²) in [5.74, 6) is -0.440. The molecule has 0 saturated heterocycles. The van der Waals surface area contributed by atoms with Crippen LogP contribution in [0.15, 0.2) is 53.7 Å². The van der Waals surface area contributed by atoms with Crippen molar-refractivity contribution in [3.63, 3.8) is 0 Å². The van der Waals surface area contributed by atoms with Crippen molar-refractivity contribution in [3.05, 3.63) is 65.2 Å². The zero-order valence-electron chi connectivity index (χ0n) is 9.69. The van der Waals surface area contributed by atoms with Gasteiger partial charge in [-0.25, -0.2) is 8.60 Å². The van der Waals surface area contributed by atoms with Crippen molar-refractivity contribution in [2.75, 3.05) is 0 Å². The highest BCUT2D eigenvalue weighted by molar-refractivity contribution is 7.85. The maximum Gasteiger partial charge on any atom is 0.283 e. The number of hydrogen-bond acceptors (Lipinski definition) is 3. The quantitative estimate of drug-likeness (QED) is 0.634. The molecule has 0 N–H and O–H groups in total. The van der Waals surface area contributed by atoms with Crippen molar-refractivity contribution in [2.45, 2.75) is 10.3 Å². The van der Waals surface area contributed by atoms with Gasteiger partial charge in [-0.05, 0) is 23.8 Å². The molecule has 1 aromatic carbocycles. The third-order valence-electron chi connectivity index (χ3n) is 2.50. The van der Waals surface area contributed by atoms with E-state index < -0.39 is 21.9 Å². The molecule has 0 fully saturated rings. The first kappa shape index (κ1) is 13.2. The van der Waals surface area contributed by atoms with Crippen LogP contribution in [0.25, 0.3) is 0 Å². The Morgan fingerprint density at radius 3 is 2.53 bits per heavy atom. The van der Waals surface area contributed by atoms with Crippen LogP contribution in [0, 0.1) is 22.4 Å². The maximum atomic E-state index is 12.8. The average Bonchev–Trinajstić information content (AvgIpc) is 2.42. The summed E-state index contributed by atoms with van der Waals surface area (Å²) in [6.07, 6.45) is 1.21. The second-order valence-electron chi connectivity index (χ2n) is 3.72. The van der Waals surface area contributed by atoms with Crippen molar-refractivity contribution in [1.29, 1.82) is 5.26 Å². The van der Waals surface area contributed by atoms with E-state index in [2.05, 4.69) is 0 Å². The number of benzene rings is 1. The molecule has 4 nitrogen and oxygen atoms in total. The van der Waals surface area contributed by atoms with Gasteiger partial charge < -0.3 is 5.21 Å². The zero-order chi connectivity index (χ0) is 13.8. The Morgan fingerprint density at radius 1 is 1.26 bits per heavy atom. The summed E-state index contributed by atoms with van der Waals surface area (Å²) >= 11 is 0. The second-order valence-corrected chi connectivity index (χ2v) is 5.21. The molecule has 0 aliphatic rings. The fourth-order valence-corrected chi connectivity index (χ4v) is 2.77. The maximum absolute atomic E-state index is 12.8. The lowest BCUT2D eigenvalue weighted by atomic mass is 10.2. The first-order valence-electron chi connectivity index (χ1n) is 5.37. The molecular weight excluding hydrogens is 267 g/mol. The topological polar surface area (TPSA) is 67.8 Å². The summed E-state index contributed by atoms with van der Waals surface area (Å²) in [5.41, 5.74) is 0.408. The van der Waals surface area contributed by atoms with E-state index >= 15 is 0 Å². The highest BCUT2D eigenvalue weighted by atomic mass is 32.2. The fraction of sp³-hybridized carbons (Fsp3) is 0.0769. The Bertz CT molecular complexity index is 652. The number of nitriles is 1. The molecule has 2 atom stereocenters. The van der Waals surface area contributed by atoms with Crippen molar-refractivity contribution < 1.29 is 13.3 Å². The standard InChI is InChI=1S/C13H9FN2O2S/c14-11-6-4-10(5-7-11)12(9-15)19(18)13-3-1-2-8-16(13)17/h1-8,12H. The largest absolute Gasteiger partial charge is 0.618 e. The molecule has 0 spiro atoms. The summed E-state index contributed by atoms with van der Waals surface area (Å²) in [6.45, 7) is 0. The molecule has 0 amide bonds. The Kier molecular flexibility index (Phi) is 3.88. The van der Waals surface area contributed by atoms with Crippen LogP contribution in [0.1, 0.15) is 10.8 Å².